The first-order valence-corrected chi connectivity index (χ1v) is 15.2. The average Bonchev–Trinajstić information content (AvgIpc) is 2.99. The minimum atomic E-state index is -1.75. The molecule has 1 aromatic carbocycles. The Bertz CT molecular complexity index is 1200. The number of rotatable bonds is 15. The zero-order chi connectivity index (χ0) is 30.8. The number of carbonyl (C=O) groups excluding carboxylic acids is 2. The summed E-state index contributed by atoms with van der Waals surface area (Å²) >= 11 is 5.87. The first-order chi connectivity index (χ1) is 20.7. The predicted molar refractivity (Wildman–Crippen MR) is 158 cm³/mol. The lowest BCUT2D eigenvalue weighted by Gasteiger charge is -2.39. The van der Waals surface area contributed by atoms with Crippen LogP contribution in [0.2, 0.25) is 5.02 Å². The van der Waals surface area contributed by atoms with Gasteiger partial charge < -0.3 is 35.2 Å². The maximum Gasteiger partial charge on any atom is 0.227 e. The Morgan fingerprint density at radius 3 is 2.44 bits per heavy atom. The minimum Gasteiger partial charge on any atom is -0.493 e. The number of hydrogen-bond donors (Lipinski definition) is 4. The lowest BCUT2D eigenvalue weighted by molar-refractivity contribution is -0.137. The third-order valence-electron chi connectivity index (χ3n) is 8.19. The Balaban J connectivity index is 1.08. The smallest absolute Gasteiger partial charge is 0.227 e. The Labute approximate surface area is 256 Å². The molecule has 11 nitrogen and oxygen atoms in total. The quantitative estimate of drug-likeness (QED) is 0.219. The zero-order valence-corrected chi connectivity index (χ0v) is 25.0. The number of ether oxygens (including phenoxy) is 1. The van der Waals surface area contributed by atoms with Crippen LogP contribution in [0.25, 0.3) is 0 Å². The molecule has 43 heavy (non-hydrogen) atoms. The number of benzene rings is 1. The van der Waals surface area contributed by atoms with Gasteiger partial charge in [0, 0.05) is 38.7 Å². The maximum atomic E-state index is 14.7. The summed E-state index contributed by atoms with van der Waals surface area (Å²) in [6, 6.07) is 4.63. The van der Waals surface area contributed by atoms with E-state index in [9.17, 15) is 19.1 Å². The van der Waals surface area contributed by atoms with Crippen LogP contribution in [-0.4, -0.2) is 100 Å². The van der Waals surface area contributed by atoms with E-state index in [2.05, 4.69) is 20.2 Å². The number of aliphatic hydroxyl groups excluding tert-OH is 2. The van der Waals surface area contributed by atoms with E-state index < -0.39 is 24.6 Å². The molecular weight excluding hydrogens is 581 g/mol. The third-order valence-corrected chi connectivity index (χ3v) is 8.38. The van der Waals surface area contributed by atoms with Gasteiger partial charge in [0.2, 0.25) is 17.8 Å². The van der Waals surface area contributed by atoms with Gasteiger partial charge >= 0.3 is 0 Å². The molecule has 4 N–H and O–H groups in total. The molecule has 0 radical (unpaired) electrons. The monoisotopic (exact) mass is 621 g/mol. The molecule has 0 saturated carbocycles. The van der Waals surface area contributed by atoms with Crippen LogP contribution in [0.3, 0.4) is 0 Å². The number of anilines is 1. The molecule has 0 bridgehead atoms. The summed E-state index contributed by atoms with van der Waals surface area (Å²) < 4.78 is 20.5. The van der Waals surface area contributed by atoms with E-state index in [4.69, 9.17) is 26.6 Å². The second kappa shape index (κ2) is 15.6. The molecule has 0 aliphatic carbocycles. The highest BCUT2D eigenvalue weighted by Gasteiger charge is 2.31. The fourth-order valence-electron chi connectivity index (χ4n) is 5.29. The molecule has 2 saturated heterocycles. The molecule has 0 unspecified atom stereocenters. The Morgan fingerprint density at radius 1 is 1.09 bits per heavy atom. The fourth-order valence-corrected chi connectivity index (χ4v) is 5.39. The number of aromatic nitrogens is 2. The van der Waals surface area contributed by atoms with Crippen molar-refractivity contribution in [1.29, 1.82) is 0 Å². The van der Waals surface area contributed by atoms with Crippen molar-refractivity contribution in [3.63, 3.8) is 0 Å². The summed E-state index contributed by atoms with van der Waals surface area (Å²) in [6.07, 6.45) is 7.96. The predicted octanol–water partition coefficient (Wildman–Crippen LogP) is 1.96. The summed E-state index contributed by atoms with van der Waals surface area (Å²) in [5, 5.41) is 31.0. The average molecular weight is 622 g/mol. The molecular formula is C30H41ClFN5O6. The number of likely N-dealkylation sites (tertiary alicyclic amines) is 1. The van der Waals surface area contributed by atoms with Crippen molar-refractivity contribution in [2.45, 2.75) is 50.5 Å². The minimum absolute atomic E-state index is 0.0417. The van der Waals surface area contributed by atoms with E-state index >= 15 is 0 Å². The summed E-state index contributed by atoms with van der Waals surface area (Å²) in [4.78, 5) is 37.0. The van der Waals surface area contributed by atoms with Crippen LogP contribution in [0.5, 0.6) is 5.75 Å². The highest BCUT2D eigenvalue weighted by Crippen LogP contribution is 2.26. The number of amides is 2. The second-order valence-electron chi connectivity index (χ2n) is 11.6. The molecule has 3 heterocycles. The van der Waals surface area contributed by atoms with Crippen molar-refractivity contribution in [2.24, 2.45) is 11.8 Å². The van der Waals surface area contributed by atoms with Crippen LogP contribution in [0.4, 0.5) is 10.3 Å². The van der Waals surface area contributed by atoms with Crippen molar-refractivity contribution >= 4 is 29.4 Å². The van der Waals surface area contributed by atoms with Gasteiger partial charge in [-0.1, -0.05) is 17.7 Å². The van der Waals surface area contributed by atoms with Gasteiger partial charge in [-0.2, -0.15) is 0 Å². The van der Waals surface area contributed by atoms with E-state index in [-0.39, 0.29) is 37.1 Å². The lowest BCUT2D eigenvalue weighted by Crippen LogP contribution is -2.51. The van der Waals surface area contributed by atoms with Gasteiger partial charge in [0.15, 0.2) is 0 Å². The summed E-state index contributed by atoms with van der Waals surface area (Å²) in [5.74, 6) is 0.972. The first-order valence-electron chi connectivity index (χ1n) is 14.8. The van der Waals surface area contributed by atoms with Crippen LogP contribution in [0.1, 0.15) is 44.1 Å². The summed E-state index contributed by atoms with van der Waals surface area (Å²) in [7, 11) is 0. The van der Waals surface area contributed by atoms with Crippen molar-refractivity contribution in [3.8, 4) is 5.75 Å². The zero-order valence-electron chi connectivity index (χ0n) is 24.3. The van der Waals surface area contributed by atoms with E-state index in [0.717, 1.165) is 38.8 Å². The van der Waals surface area contributed by atoms with Crippen molar-refractivity contribution in [3.05, 3.63) is 47.0 Å². The number of aliphatic hydroxyl groups is 3. The van der Waals surface area contributed by atoms with Gasteiger partial charge in [0.1, 0.15) is 17.2 Å². The van der Waals surface area contributed by atoms with Crippen LogP contribution in [-0.2, 0) is 16.0 Å². The van der Waals surface area contributed by atoms with Crippen LogP contribution in [0.15, 0.2) is 30.6 Å². The van der Waals surface area contributed by atoms with Gasteiger partial charge in [-0.15, -0.1) is 0 Å². The summed E-state index contributed by atoms with van der Waals surface area (Å²) in [6.45, 7) is 1.73. The number of carbonyl (C=O) groups is 2. The maximum absolute atomic E-state index is 14.7. The number of hydrogen-bond acceptors (Lipinski definition) is 9. The highest BCUT2D eigenvalue weighted by atomic mass is 35.5. The van der Waals surface area contributed by atoms with E-state index in [0.29, 0.717) is 54.3 Å². The second-order valence-corrected chi connectivity index (χ2v) is 12.0. The van der Waals surface area contributed by atoms with Gasteiger partial charge in [-0.25, -0.2) is 14.4 Å². The highest BCUT2D eigenvalue weighted by molar-refractivity contribution is 6.30. The topological polar surface area (TPSA) is 148 Å². The number of nitrogens with zero attached hydrogens (tertiary/aromatic N) is 4. The molecule has 2 fully saturated rings. The van der Waals surface area contributed by atoms with Gasteiger partial charge in [-0.3, -0.25) is 9.59 Å². The number of piperidine rings is 1. The van der Waals surface area contributed by atoms with Gasteiger partial charge in [0.05, 0.1) is 50.2 Å². The molecule has 2 aliphatic heterocycles. The third kappa shape index (κ3) is 9.72. The van der Waals surface area contributed by atoms with Gasteiger partial charge in [-0.05, 0) is 55.6 Å². The molecule has 2 aliphatic rings. The van der Waals surface area contributed by atoms with E-state index in [1.54, 1.807) is 29.4 Å². The SMILES string of the molecule is O=C(CCC1CN(C(=O)Cc2ccc(OCCCC3CCN(c4ncc(Cl)cn4)CC3)cc2F)C1)NCC(O)(CO)CO. The molecule has 2 amide bonds. The van der Waals surface area contributed by atoms with Gasteiger partial charge in [0.25, 0.3) is 0 Å². The molecule has 13 heteroatoms. The van der Waals surface area contributed by atoms with E-state index in [1.165, 1.54) is 6.07 Å². The normalized spacial score (nSPS) is 16.2. The van der Waals surface area contributed by atoms with Crippen molar-refractivity contribution in [2.75, 3.05) is 57.4 Å². The first kappa shape index (κ1) is 32.8. The molecule has 1 aromatic heterocycles. The van der Waals surface area contributed by atoms with Crippen molar-refractivity contribution in [1.82, 2.24) is 20.2 Å². The Hall–Kier alpha value is -3.06. The molecule has 236 valence electrons. The lowest BCUT2D eigenvalue weighted by atomic mass is 9.92. The molecule has 0 spiro atoms. The summed E-state index contributed by atoms with van der Waals surface area (Å²) in [5.41, 5.74) is -1.43. The Kier molecular flexibility index (Phi) is 11.9. The van der Waals surface area contributed by atoms with Crippen LogP contribution in [0, 0.1) is 17.7 Å². The fraction of sp³-hybridized carbons (Fsp3) is 0.600. The Morgan fingerprint density at radius 2 is 1.79 bits per heavy atom. The van der Waals surface area contributed by atoms with Crippen LogP contribution >= 0.6 is 11.6 Å². The molecule has 0 atom stereocenters. The number of nitrogens with one attached hydrogen (secondary N) is 1. The van der Waals surface area contributed by atoms with Crippen LogP contribution < -0.4 is 15.0 Å². The van der Waals surface area contributed by atoms with E-state index in [1.807, 2.05) is 0 Å². The van der Waals surface area contributed by atoms with Crippen molar-refractivity contribution < 1.29 is 34.0 Å². The molecule has 4 rings (SSSR count). The standard InChI is InChI=1S/C30H41ClFN5O6/c31-24-14-33-29(34-15-24)36-9-7-21(8-10-36)2-1-11-43-25-5-4-23(26(32)13-25)12-28(41)37-16-22(17-37)3-6-27(40)35-18-30(42,19-38)20-39/h4-5,13-15,21-22,38-39,42H,1-3,6-12,16-20H2,(H,35,40). The largest absolute Gasteiger partial charge is 0.493 e. The number of halogens is 2. The molecule has 2 aromatic rings.